The molecular formula is C31H55. The third kappa shape index (κ3) is 17.5. The van der Waals surface area contributed by atoms with E-state index in [1.807, 2.05) is 0 Å². The molecule has 1 radical (unpaired) electrons. The van der Waals surface area contributed by atoms with Crippen molar-refractivity contribution in [1.82, 2.24) is 0 Å². The quantitative estimate of drug-likeness (QED) is 0.161. The number of hydrogen-bond donors (Lipinski definition) is 0. The standard InChI is InChI=1S/C31H55/c1-4-6-8-10-12-14-16-18-20-22-24-30-26-29(3)27-31(28-30)25-23-21-19-17-15-13-11-9-7-5-2/h26-27H,4-25H2,1-3H3. The van der Waals surface area contributed by atoms with Crippen LogP contribution in [0.5, 0.6) is 0 Å². The lowest BCUT2D eigenvalue weighted by molar-refractivity contribution is 0.555. The molecule has 0 aliphatic rings. The minimum absolute atomic E-state index is 1.23. The van der Waals surface area contributed by atoms with E-state index in [2.05, 4.69) is 39.0 Å². The minimum Gasteiger partial charge on any atom is -0.0654 e. The molecule has 0 N–H and O–H groups in total. The normalized spacial score (nSPS) is 11.3. The summed E-state index contributed by atoms with van der Waals surface area (Å²) < 4.78 is 0. The molecule has 0 bridgehead atoms. The highest BCUT2D eigenvalue weighted by atomic mass is 14.1. The second-order valence-corrected chi connectivity index (χ2v) is 10.1. The molecule has 0 aliphatic heterocycles. The molecular weight excluding hydrogens is 372 g/mol. The molecule has 31 heavy (non-hydrogen) atoms. The van der Waals surface area contributed by atoms with Gasteiger partial charge in [-0.3, -0.25) is 0 Å². The zero-order valence-corrected chi connectivity index (χ0v) is 21.7. The summed E-state index contributed by atoms with van der Waals surface area (Å²) in [5.74, 6) is 0. The summed E-state index contributed by atoms with van der Waals surface area (Å²) in [6.45, 7) is 6.86. The Morgan fingerprint density at radius 1 is 0.452 bits per heavy atom. The Morgan fingerprint density at radius 2 is 0.742 bits per heavy atom. The Bertz CT molecular complexity index is 459. The largest absolute Gasteiger partial charge is 0.0654 e. The van der Waals surface area contributed by atoms with E-state index < -0.39 is 0 Å². The highest BCUT2D eigenvalue weighted by Gasteiger charge is 2.02. The maximum atomic E-state index is 3.75. The maximum Gasteiger partial charge on any atom is -0.0114 e. The fourth-order valence-electron chi connectivity index (χ4n) is 4.74. The van der Waals surface area contributed by atoms with Crippen LogP contribution in [-0.4, -0.2) is 0 Å². The molecule has 1 rings (SSSR count). The lowest BCUT2D eigenvalue weighted by Gasteiger charge is -2.08. The van der Waals surface area contributed by atoms with Gasteiger partial charge in [-0.1, -0.05) is 147 Å². The predicted octanol–water partition coefficient (Wildman–Crippen LogP) is 10.7. The summed E-state index contributed by atoms with van der Waals surface area (Å²) in [4.78, 5) is 0. The zero-order valence-electron chi connectivity index (χ0n) is 21.7. The van der Waals surface area contributed by atoms with Crippen LogP contribution >= 0.6 is 0 Å². The van der Waals surface area contributed by atoms with Gasteiger partial charge in [0.1, 0.15) is 0 Å². The topological polar surface area (TPSA) is 0 Å². The molecule has 0 aromatic heterocycles. The highest BCUT2D eigenvalue weighted by molar-refractivity contribution is 5.28. The smallest absolute Gasteiger partial charge is 0.0114 e. The Kier molecular flexibility index (Phi) is 19.2. The summed E-state index contributed by atoms with van der Waals surface area (Å²) in [5.41, 5.74) is 4.35. The van der Waals surface area contributed by atoms with Crippen molar-refractivity contribution in [2.45, 2.75) is 162 Å². The third-order valence-corrected chi connectivity index (χ3v) is 6.72. The summed E-state index contributed by atoms with van der Waals surface area (Å²) in [6, 6.07) is 8.49. The van der Waals surface area contributed by atoms with Gasteiger partial charge in [-0.25, -0.2) is 0 Å². The van der Waals surface area contributed by atoms with Gasteiger partial charge in [0.25, 0.3) is 0 Å². The molecule has 1 aromatic rings. The molecule has 0 saturated heterocycles. The van der Waals surface area contributed by atoms with E-state index in [-0.39, 0.29) is 0 Å². The molecule has 0 aliphatic carbocycles. The molecule has 1 aromatic carbocycles. The van der Waals surface area contributed by atoms with Crippen molar-refractivity contribution in [3.63, 3.8) is 0 Å². The van der Waals surface area contributed by atoms with Crippen LogP contribution in [-0.2, 0) is 12.8 Å². The van der Waals surface area contributed by atoms with E-state index in [0.717, 1.165) is 0 Å². The van der Waals surface area contributed by atoms with Gasteiger partial charge in [-0.15, -0.1) is 0 Å². The number of unbranched alkanes of at least 4 members (excludes halogenated alkanes) is 18. The number of rotatable bonds is 22. The summed E-state index contributed by atoms with van der Waals surface area (Å²) in [7, 11) is 0. The monoisotopic (exact) mass is 427 g/mol. The van der Waals surface area contributed by atoms with Crippen molar-refractivity contribution in [2.75, 3.05) is 0 Å². The predicted molar refractivity (Wildman–Crippen MR) is 141 cm³/mol. The van der Waals surface area contributed by atoms with Gasteiger partial charge in [0.15, 0.2) is 0 Å². The lowest BCUT2D eigenvalue weighted by Crippen LogP contribution is -1.94. The van der Waals surface area contributed by atoms with Gasteiger partial charge in [0, 0.05) is 0 Å². The average molecular weight is 428 g/mol. The molecule has 0 nitrogen and oxygen atoms in total. The van der Waals surface area contributed by atoms with Crippen molar-refractivity contribution in [2.24, 2.45) is 0 Å². The first kappa shape index (κ1) is 28.3. The first-order valence-electron chi connectivity index (χ1n) is 14.3. The summed E-state index contributed by atoms with van der Waals surface area (Å²) >= 11 is 0. The van der Waals surface area contributed by atoms with Crippen molar-refractivity contribution in [1.29, 1.82) is 0 Å². The van der Waals surface area contributed by atoms with Gasteiger partial charge >= 0.3 is 0 Å². The van der Waals surface area contributed by atoms with Crippen molar-refractivity contribution in [3.8, 4) is 0 Å². The first-order valence-corrected chi connectivity index (χ1v) is 14.3. The second-order valence-electron chi connectivity index (χ2n) is 10.1. The van der Waals surface area contributed by atoms with E-state index in [9.17, 15) is 0 Å². The van der Waals surface area contributed by atoms with Crippen LogP contribution in [0.4, 0.5) is 0 Å². The van der Waals surface area contributed by atoms with E-state index in [1.165, 1.54) is 158 Å². The number of benzene rings is 1. The molecule has 0 fully saturated rings. The van der Waals surface area contributed by atoms with Gasteiger partial charge in [-0.2, -0.15) is 0 Å². The van der Waals surface area contributed by atoms with Crippen molar-refractivity contribution < 1.29 is 0 Å². The van der Waals surface area contributed by atoms with E-state index >= 15 is 0 Å². The van der Waals surface area contributed by atoms with Gasteiger partial charge in [0.05, 0.1) is 0 Å². The van der Waals surface area contributed by atoms with Crippen LogP contribution in [0, 0.1) is 13.0 Å². The Labute approximate surface area is 197 Å². The third-order valence-electron chi connectivity index (χ3n) is 6.72. The molecule has 0 atom stereocenters. The second kappa shape index (κ2) is 21.1. The van der Waals surface area contributed by atoms with E-state index in [0.29, 0.717) is 0 Å². The first-order chi connectivity index (χ1) is 15.3. The van der Waals surface area contributed by atoms with Gasteiger partial charge in [0.2, 0.25) is 0 Å². The molecule has 0 unspecified atom stereocenters. The number of hydrogen-bond acceptors (Lipinski definition) is 0. The van der Waals surface area contributed by atoms with E-state index in [1.54, 1.807) is 0 Å². The van der Waals surface area contributed by atoms with Crippen LogP contribution in [0.25, 0.3) is 0 Å². The van der Waals surface area contributed by atoms with Crippen molar-refractivity contribution >= 4 is 0 Å². The van der Waals surface area contributed by atoms with Crippen LogP contribution in [0.3, 0.4) is 0 Å². The van der Waals surface area contributed by atoms with Crippen LogP contribution in [0.15, 0.2) is 12.1 Å². The van der Waals surface area contributed by atoms with E-state index in [4.69, 9.17) is 0 Å². The van der Waals surface area contributed by atoms with Gasteiger partial charge < -0.3 is 0 Å². The van der Waals surface area contributed by atoms with Crippen LogP contribution in [0.1, 0.15) is 159 Å². The van der Waals surface area contributed by atoms with Crippen LogP contribution in [0.2, 0.25) is 0 Å². The molecule has 0 saturated carbocycles. The molecule has 179 valence electrons. The number of aryl methyl sites for hydroxylation is 3. The minimum atomic E-state index is 1.23. The van der Waals surface area contributed by atoms with Gasteiger partial charge in [-0.05, 0) is 49.8 Å². The zero-order chi connectivity index (χ0) is 22.4. The molecule has 0 heteroatoms. The summed E-state index contributed by atoms with van der Waals surface area (Å²) in [5, 5.41) is 0. The van der Waals surface area contributed by atoms with Crippen molar-refractivity contribution in [3.05, 3.63) is 34.9 Å². The lowest BCUT2D eigenvalue weighted by atomic mass is 9.97. The molecule has 0 spiro atoms. The van der Waals surface area contributed by atoms with Crippen LogP contribution < -0.4 is 0 Å². The Morgan fingerprint density at radius 3 is 1.06 bits per heavy atom. The highest BCUT2D eigenvalue weighted by Crippen LogP contribution is 2.17. The maximum absolute atomic E-state index is 3.75. The fraction of sp³-hybridized carbons (Fsp3) is 0.806. The molecule has 0 heterocycles. The average Bonchev–Trinajstić information content (AvgIpc) is 2.76. The molecule has 0 amide bonds. The Hall–Kier alpha value is -0.780. The summed E-state index contributed by atoms with van der Waals surface area (Å²) in [6.07, 6.45) is 30.8. The SMILES string of the molecule is CCCCCCCCCCCCc1[c]c(CCCCCCCCCCCC)cc(C)c1. The Balaban J connectivity index is 2.06. The fourth-order valence-corrected chi connectivity index (χ4v) is 4.74.